The third kappa shape index (κ3) is 65.8. The zero-order valence-corrected chi connectivity index (χ0v) is 52.9. The SMILES string of the molecule is CC/C=C\C/C=C\C/C=C\C/C=C\C/C=C\C/C=C\C/C=C\C/C=C\C/C=C\CCCC(=O)OCC(COC(=O)CCCCCCCCCC)OC(=O)CCCCCCCCCCCCCCCC/C=C\C/C=C\C/C=C\C/C=C\CC. The summed E-state index contributed by atoms with van der Waals surface area (Å²) in [6.45, 7) is 6.34. The smallest absolute Gasteiger partial charge is 0.306 e. The third-order valence-electron chi connectivity index (χ3n) is 13.8. The monoisotopic (exact) mass is 1130 g/mol. The van der Waals surface area contributed by atoms with Crippen molar-refractivity contribution in [3.05, 3.63) is 158 Å². The van der Waals surface area contributed by atoms with Gasteiger partial charge in [0.05, 0.1) is 0 Å². The quantitative estimate of drug-likeness (QED) is 0.0261. The average Bonchev–Trinajstić information content (AvgIpc) is 3.47. The molecule has 1 unspecified atom stereocenters. The van der Waals surface area contributed by atoms with Crippen LogP contribution in [0.3, 0.4) is 0 Å². The van der Waals surface area contributed by atoms with Gasteiger partial charge in [0.25, 0.3) is 0 Å². The van der Waals surface area contributed by atoms with Crippen molar-refractivity contribution in [1.82, 2.24) is 0 Å². The number of unbranched alkanes of at least 4 members (excludes halogenated alkanes) is 22. The van der Waals surface area contributed by atoms with Crippen LogP contribution in [-0.2, 0) is 28.6 Å². The Hall–Kier alpha value is -4.97. The van der Waals surface area contributed by atoms with E-state index in [0.29, 0.717) is 19.3 Å². The first kappa shape index (κ1) is 77.0. The average molecular weight is 1130 g/mol. The van der Waals surface area contributed by atoms with Crippen molar-refractivity contribution in [3.63, 3.8) is 0 Å². The lowest BCUT2D eigenvalue weighted by Crippen LogP contribution is -2.30. The van der Waals surface area contributed by atoms with Gasteiger partial charge in [-0.05, 0) is 122 Å². The molecule has 0 amide bonds. The molecule has 6 heteroatoms. The van der Waals surface area contributed by atoms with E-state index in [1.165, 1.54) is 109 Å². The number of hydrogen-bond donors (Lipinski definition) is 0. The van der Waals surface area contributed by atoms with Crippen molar-refractivity contribution in [1.29, 1.82) is 0 Å². The van der Waals surface area contributed by atoms with Crippen molar-refractivity contribution >= 4 is 17.9 Å². The number of esters is 3. The fraction of sp³-hybridized carbons (Fsp3) is 0.618. The second kappa shape index (κ2) is 68.5. The van der Waals surface area contributed by atoms with Crippen molar-refractivity contribution in [3.8, 4) is 0 Å². The summed E-state index contributed by atoms with van der Waals surface area (Å²) in [5, 5.41) is 0. The first-order valence-electron chi connectivity index (χ1n) is 33.5. The van der Waals surface area contributed by atoms with E-state index in [0.717, 1.165) is 128 Å². The van der Waals surface area contributed by atoms with E-state index >= 15 is 0 Å². The Morgan fingerprint density at radius 3 is 0.793 bits per heavy atom. The van der Waals surface area contributed by atoms with E-state index in [-0.39, 0.29) is 37.5 Å². The van der Waals surface area contributed by atoms with E-state index in [4.69, 9.17) is 14.2 Å². The molecule has 0 fully saturated rings. The van der Waals surface area contributed by atoms with Gasteiger partial charge >= 0.3 is 17.9 Å². The number of ether oxygens (including phenoxy) is 3. The van der Waals surface area contributed by atoms with Crippen molar-refractivity contribution in [2.75, 3.05) is 13.2 Å². The number of allylic oxidation sites excluding steroid dienone is 26. The molecular formula is C76H122O6. The number of carbonyl (C=O) groups is 3. The molecular weight excluding hydrogens is 1010 g/mol. The molecule has 0 aliphatic heterocycles. The number of hydrogen-bond acceptors (Lipinski definition) is 6. The molecule has 6 nitrogen and oxygen atoms in total. The second-order valence-electron chi connectivity index (χ2n) is 21.6. The van der Waals surface area contributed by atoms with Crippen LogP contribution in [-0.4, -0.2) is 37.2 Å². The summed E-state index contributed by atoms with van der Waals surface area (Å²) in [6, 6.07) is 0. The minimum Gasteiger partial charge on any atom is -0.462 e. The second-order valence-corrected chi connectivity index (χ2v) is 21.6. The lowest BCUT2D eigenvalue weighted by Gasteiger charge is -2.18. The van der Waals surface area contributed by atoms with E-state index < -0.39 is 6.10 Å². The van der Waals surface area contributed by atoms with Gasteiger partial charge in [-0.15, -0.1) is 0 Å². The van der Waals surface area contributed by atoms with Gasteiger partial charge in [-0.25, -0.2) is 0 Å². The van der Waals surface area contributed by atoms with Crippen molar-refractivity contribution in [2.45, 2.75) is 290 Å². The van der Waals surface area contributed by atoms with Crippen molar-refractivity contribution < 1.29 is 28.6 Å². The van der Waals surface area contributed by atoms with Gasteiger partial charge in [-0.2, -0.15) is 0 Å². The van der Waals surface area contributed by atoms with E-state index in [1.54, 1.807) is 0 Å². The Morgan fingerprint density at radius 2 is 0.488 bits per heavy atom. The Labute approximate surface area is 505 Å². The highest BCUT2D eigenvalue weighted by molar-refractivity contribution is 5.71. The van der Waals surface area contributed by atoms with Crippen LogP contribution in [0, 0.1) is 0 Å². The lowest BCUT2D eigenvalue weighted by atomic mass is 10.0. The molecule has 0 saturated carbocycles. The van der Waals surface area contributed by atoms with E-state index in [1.807, 2.05) is 0 Å². The summed E-state index contributed by atoms with van der Waals surface area (Å²) in [7, 11) is 0. The van der Waals surface area contributed by atoms with Crippen LogP contribution in [0.1, 0.15) is 284 Å². The molecule has 0 bridgehead atoms. The largest absolute Gasteiger partial charge is 0.462 e. The summed E-state index contributed by atoms with van der Waals surface area (Å²) in [5.74, 6) is -0.967. The van der Waals surface area contributed by atoms with Gasteiger partial charge in [0.2, 0.25) is 0 Å². The van der Waals surface area contributed by atoms with Crippen LogP contribution < -0.4 is 0 Å². The van der Waals surface area contributed by atoms with Crippen molar-refractivity contribution in [2.24, 2.45) is 0 Å². The molecule has 0 heterocycles. The Balaban J connectivity index is 4.28. The molecule has 0 aromatic rings. The van der Waals surface area contributed by atoms with Crippen LogP contribution in [0.5, 0.6) is 0 Å². The topological polar surface area (TPSA) is 78.9 Å². The lowest BCUT2D eigenvalue weighted by molar-refractivity contribution is -0.167. The summed E-state index contributed by atoms with van der Waals surface area (Å²) < 4.78 is 16.8. The van der Waals surface area contributed by atoms with E-state index in [9.17, 15) is 14.4 Å². The number of carbonyl (C=O) groups excluding carboxylic acids is 3. The molecule has 462 valence electrons. The Bertz CT molecular complexity index is 1830. The van der Waals surface area contributed by atoms with Crippen LogP contribution >= 0.6 is 0 Å². The van der Waals surface area contributed by atoms with Crippen LogP contribution in [0.25, 0.3) is 0 Å². The number of rotatable bonds is 59. The molecule has 0 aromatic heterocycles. The molecule has 0 aromatic carbocycles. The first-order valence-corrected chi connectivity index (χ1v) is 33.5. The zero-order chi connectivity index (χ0) is 59.2. The first-order chi connectivity index (χ1) is 40.5. The van der Waals surface area contributed by atoms with Crippen LogP contribution in [0.15, 0.2) is 158 Å². The minimum atomic E-state index is -0.807. The molecule has 0 aliphatic rings. The molecule has 0 radical (unpaired) electrons. The van der Waals surface area contributed by atoms with E-state index in [2.05, 4.69) is 179 Å². The molecule has 0 spiro atoms. The standard InChI is InChI=1S/C76H122O6/c1-4-7-10-13-16-19-21-23-25-27-29-31-33-35-37-38-40-41-43-45-47-49-51-53-55-57-60-63-66-69-75(78)81-72-73(71-80-74(77)68-65-62-59-18-15-12-9-6-3)82-76(79)70-67-64-61-58-56-54-52-50-48-46-44-42-39-36-34-32-30-28-26-24-22-20-17-14-11-8-5-2/h7-8,10-11,16-17,19-20,23-26,29-32,35,37,40-41,45,47,51,53,57,60,73H,4-6,9,12-15,18,21-22,27-28,33-34,36,38-39,42-44,46,48-50,52,54-56,58-59,61-72H2,1-3H3/b10-7-,11-8-,19-16-,20-17-,25-23-,26-24-,31-29-,32-30-,37-35-,41-40-,47-45-,53-51-,60-57-. The molecule has 0 aliphatic carbocycles. The highest BCUT2D eigenvalue weighted by Crippen LogP contribution is 2.16. The molecule has 0 N–H and O–H groups in total. The summed E-state index contributed by atoms with van der Waals surface area (Å²) in [5.41, 5.74) is 0. The van der Waals surface area contributed by atoms with Gasteiger partial charge in [0, 0.05) is 19.3 Å². The van der Waals surface area contributed by atoms with Crippen LogP contribution in [0.2, 0.25) is 0 Å². The normalized spacial score (nSPS) is 13.2. The predicted octanol–water partition coefficient (Wildman–Crippen LogP) is 23.3. The fourth-order valence-electron chi connectivity index (χ4n) is 8.85. The van der Waals surface area contributed by atoms with Gasteiger partial charge in [0.15, 0.2) is 6.10 Å². The fourth-order valence-corrected chi connectivity index (χ4v) is 8.85. The minimum absolute atomic E-state index is 0.0996. The maximum absolute atomic E-state index is 12.9. The predicted molar refractivity (Wildman–Crippen MR) is 357 cm³/mol. The van der Waals surface area contributed by atoms with Gasteiger partial charge in [0.1, 0.15) is 13.2 Å². The Kier molecular flexibility index (Phi) is 64.4. The maximum Gasteiger partial charge on any atom is 0.306 e. The molecule has 0 rings (SSSR count). The Morgan fingerprint density at radius 1 is 0.256 bits per heavy atom. The van der Waals surface area contributed by atoms with Gasteiger partial charge in [-0.3, -0.25) is 14.4 Å². The third-order valence-corrected chi connectivity index (χ3v) is 13.8. The van der Waals surface area contributed by atoms with Crippen LogP contribution in [0.4, 0.5) is 0 Å². The summed E-state index contributed by atoms with van der Waals surface area (Å²) in [6.07, 6.45) is 100.0. The molecule has 1 atom stereocenters. The van der Waals surface area contributed by atoms with Gasteiger partial charge in [-0.1, -0.05) is 301 Å². The highest BCUT2D eigenvalue weighted by atomic mass is 16.6. The molecule has 82 heavy (non-hydrogen) atoms. The zero-order valence-electron chi connectivity index (χ0n) is 52.9. The summed E-state index contributed by atoms with van der Waals surface area (Å²) >= 11 is 0. The maximum atomic E-state index is 12.9. The summed E-state index contributed by atoms with van der Waals surface area (Å²) in [4.78, 5) is 38.2. The van der Waals surface area contributed by atoms with Gasteiger partial charge < -0.3 is 14.2 Å². The highest BCUT2D eigenvalue weighted by Gasteiger charge is 2.19. The molecule has 0 saturated heterocycles.